The lowest BCUT2D eigenvalue weighted by Gasteiger charge is -2.37. The normalized spacial score (nSPS) is 14.9. The van der Waals surface area contributed by atoms with Crippen molar-refractivity contribution in [1.82, 2.24) is 0 Å². The number of rotatable bonds is 5. The zero-order valence-corrected chi connectivity index (χ0v) is 21.4. The van der Waals surface area contributed by atoms with E-state index >= 15 is 0 Å². The van der Waals surface area contributed by atoms with Gasteiger partial charge in [-0.25, -0.2) is 4.99 Å². The van der Waals surface area contributed by atoms with E-state index in [1.54, 1.807) is 24.3 Å². The number of fused-ring (bicyclic) bond motifs is 2. The molecular formula is C31H30N4O3. The van der Waals surface area contributed by atoms with E-state index in [0.29, 0.717) is 22.5 Å². The summed E-state index contributed by atoms with van der Waals surface area (Å²) in [6.07, 6.45) is 5.09. The Morgan fingerprint density at radius 3 is 2.45 bits per heavy atom. The number of nitrogens with one attached hydrogen (secondary N) is 1. The molecule has 0 unspecified atom stereocenters. The van der Waals surface area contributed by atoms with E-state index in [2.05, 4.69) is 23.2 Å². The fraction of sp³-hybridized carbons (Fsp3) is 0.258. The number of amides is 2. The van der Waals surface area contributed by atoms with Gasteiger partial charge in [-0.3, -0.25) is 9.59 Å². The molecule has 3 aromatic carbocycles. The summed E-state index contributed by atoms with van der Waals surface area (Å²) in [6.45, 7) is 4.22. The predicted molar refractivity (Wildman–Crippen MR) is 149 cm³/mol. The highest BCUT2D eigenvalue weighted by molar-refractivity contribution is 6.06. The van der Waals surface area contributed by atoms with Crippen molar-refractivity contribution in [3.05, 3.63) is 94.0 Å². The fourth-order valence-corrected chi connectivity index (χ4v) is 5.54. The molecule has 3 heterocycles. The van der Waals surface area contributed by atoms with Gasteiger partial charge in [-0.15, -0.1) is 0 Å². The first-order valence-electron chi connectivity index (χ1n) is 13.2. The molecule has 1 aromatic heterocycles. The number of carbonyl (C=O) groups excluding carboxylic acids is 2. The monoisotopic (exact) mass is 506 g/mol. The van der Waals surface area contributed by atoms with Gasteiger partial charge in [0.2, 0.25) is 11.5 Å². The van der Waals surface area contributed by atoms with Crippen molar-refractivity contribution in [3.63, 3.8) is 0 Å². The molecule has 0 fully saturated rings. The SMILES string of the molecule is CCc1ccc(NC(=O)c2cc3cc4c5c(c3oc2=Nc2ccc(C(N)=O)cc2)CCCN5CCC4)cc1. The van der Waals surface area contributed by atoms with Gasteiger partial charge in [0.15, 0.2) is 0 Å². The van der Waals surface area contributed by atoms with Gasteiger partial charge in [-0.05, 0) is 91.8 Å². The van der Waals surface area contributed by atoms with Crippen molar-refractivity contribution in [2.45, 2.75) is 39.0 Å². The van der Waals surface area contributed by atoms with Gasteiger partial charge in [0, 0.05) is 41.0 Å². The molecule has 2 aliphatic rings. The van der Waals surface area contributed by atoms with Gasteiger partial charge < -0.3 is 20.4 Å². The standard InChI is InChI=1S/C31H30N4O3/c1-2-19-7-11-23(12-8-19)33-30(37)26-18-22-17-21-5-3-15-35-16-4-6-25(27(21)35)28(22)38-31(26)34-24-13-9-20(10-14-24)29(32)36/h7-14,17-18H,2-6,15-16H2,1H3,(H2,32,36)(H,33,37). The van der Waals surface area contributed by atoms with Crippen molar-refractivity contribution in [1.29, 1.82) is 0 Å². The molecular weight excluding hydrogens is 476 g/mol. The molecule has 7 heteroatoms. The molecule has 38 heavy (non-hydrogen) atoms. The first-order chi connectivity index (χ1) is 18.5. The second-order valence-electron chi connectivity index (χ2n) is 9.97. The Morgan fingerprint density at radius 2 is 1.74 bits per heavy atom. The summed E-state index contributed by atoms with van der Waals surface area (Å²) in [5, 5.41) is 3.92. The summed E-state index contributed by atoms with van der Waals surface area (Å²) in [4.78, 5) is 32.3. The number of aryl methyl sites for hydroxylation is 3. The highest BCUT2D eigenvalue weighted by Crippen LogP contribution is 2.39. The minimum atomic E-state index is -0.505. The van der Waals surface area contributed by atoms with E-state index < -0.39 is 5.91 Å². The minimum Gasteiger partial charge on any atom is -0.437 e. The van der Waals surface area contributed by atoms with Gasteiger partial charge in [-0.2, -0.15) is 0 Å². The summed E-state index contributed by atoms with van der Waals surface area (Å²) in [6, 6.07) is 18.5. The minimum absolute atomic E-state index is 0.233. The molecule has 0 atom stereocenters. The molecule has 0 bridgehead atoms. The Morgan fingerprint density at radius 1 is 1.00 bits per heavy atom. The average Bonchev–Trinajstić information content (AvgIpc) is 2.94. The highest BCUT2D eigenvalue weighted by atomic mass is 16.3. The maximum absolute atomic E-state index is 13.6. The van der Waals surface area contributed by atoms with Crippen LogP contribution < -0.4 is 21.5 Å². The van der Waals surface area contributed by atoms with Crippen molar-refractivity contribution in [2.24, 2.45) is 10.7 Å². The molecule has 0 saturated carbocycles. The van der Waals surface area contributed by atoms with E-state index in [1.165, 1.54) is 22.4 Å². The number of anilines is 2. The molecule has 3 N–H and O–H groups in total. The summed E-state index contributed by atoms with van der Waals surface area (Å²) < 4.78 is 6.49. The maximum atomic E-state index is 13.6. The zero-order valence-electron chi connectivity index (χ0n) is 21.4. The summed E-state index contributed by atoms with van der Waals surface area (Å²) in [7, 11) is 0. The van der Waals surface area contributed by atoms with Crippen molar-refractivity contribution < 1.29 is 14.0 Å². The number of primary amides is 1. The quantitative estimate of drug-likeness (QED) is 0.385. The number of hydrogen-bond donors (Lipinski definition) is 2. The third-order valence-corrected chi connectivity index (χ3v) is 7.48. The predicted octanol–water partition coefficient (Wildman–Crippen LogP) is 5.28. The topological polar surface area (TPSA) is 101 Å². The molecule has 0 saturated heterocycles. The first kappa shape index (κ1) is 24.0. The Kier molecular flexibility index (Phi) is 6.19. The molecule has 192 valence electrons. The zero-order chi connectivity index (χ0) is 26.2. The second-order valence-corrected chi connectivity index (χ2v) is 9.97. The third-order valence-electron chi connectivity index (χ3n) is 7.48. The highest BCUT2D eigenvalue weighted by Gasteiger charge is 2.27. The molecule has 0 radical (unpaired) electrons. The van der Waals surface area contributed by atoms with Crippen LogP contribution in [0.5, 0.6) is 0 Å². The van der Waals surface area contributed by atoms with Crippen LogP contribution in [0.4, 0.5) is 17.1 Å². The molecule has 2 amide bonds. The van der Waals surface area contributed by atoms with Gasteiger partial charge >= 0.3 is 0 Å². The molecule has 2 aliphatic heterocycles. The lowest BCUT2D eigenvalue weighted by Crippen LogP contribution is -2.34. The maximum Gasteiger partial charge on any atom is 0.261 e. The van der Waals surface area contributed by atoms with Crippen LogP contribution in [0.25, 0.3) is 11.0 Å². The van der Waals surface area contributed by atoms with E-state index in [-0.39, 0.29) is 11.5 Å². The van der Waals surface area contributed by atoms with Crippen LogP contribution in [0.3, 0.4) is 0 Å². The van der Waals surface area contributed by atoms with Crippen LogP contribution in [0.1, 0.15) is 57.2 Å². The van der Waals surface area contributed by atoms with Gasteiger partial charge in [-0.1, -0.05) is 19.1 Å². The third kappa shape index (κ3) is 4.45. The number of carbonyl (C=O) groups is 2. The molecule has 7 nitrogen and oxygen atoms in total. The van der Waals surface area contributed by atoms with E-state index in [1.807, 2.05) is 30.3 Å². The Labute approximate surface area is 221 Å². The summed E-state index contributed by atoms with van der Waals surface area (Å²) in [5.74, 6) is -0.796. The smallest absolute Gasteiger partial charge is 0.261 e. The van der Waals surface area contributed by atoms with Crippen LogP contribution >= 0.6 is 0 Å². The Hall–Kier alpha value is -4.39. The number of hydrogen-bond acceptors (Lipinski definition) is 5. The molecule has 4 aromatic rings. The van der Waals surface area contributed by atoms with E-state index in [9.17, 15) is 9.59 Å². The number of benzene rings is 3. The van der Waals surface area contributed by atoms with Gasteiger partial charge in [0.05, 0.1) is 5.69 Å². The molecule has 6 rings (SSSR count). The largest absolute Gasteiger partial charge is 0.437 e. The summed E-state index contributed by atoms with van der Waals surface area (Å²) >= 11 is 0. The van der Waals surface area contributed by atoms with Crippen molar-refractivity contribution >= 4 is 39.8 Å². The first-order valence-corrected chi connectivity index (χ1v) is 13.2. The Balaban J connectivity index is 1.51. The molecule has 0 spiro atoms. The lowest BCUT2D eigenvalue weighted by molar-refractivity contribution is 0.0997. The van der Waals surface area contributed by atoms with E-state index in [0.717, 1.165) is 56.2 Å². The lowest BCUT2D eigenvalue weighted by atomic mass is 9.90. The fourth-order valence-electron chi connectivity index (χ4n) is 5.54. The van der Waals surface area contributed by atoms with Crippen LogP contribution in [0.2, 0.25) is 0 Å². The van der Waals surface area contributed by atoms with Gasteiger partial charge in [0.1, 0.15) is 11.1 Å². The van der Waals surface area contributed by atoms with Crippen LogP contribution in [0, 0.1) is 0 Å². The average molecular weight is 507 g/mol. The number of nitrogens with zero attached hydrogens (tertiary/aromatic N) is 2. The van der Waals surface area contributed by atoms with E-state index in [4.69, 9.17) is 15.1 Å². The van der Waals surface area contributed by atoms with Crippen LogP contribution in [-0.2, 0) is 19.3 Å². The molecule has 0 aliphatic carbocycles. The van der Waals surface area contributed by atoms with Crippen molar-refractivity contribution in [3.8, 4) is 0 Å². The van der Waals surface area contributed by atoms with Crippen molar-refractivity contribution in [2.75, 3.05) is 23.3 Å². The van der Waals surface area contributed by atoms with Crippen LogP contribution in [0.15, 0.2) is 70.1 Å². The Bertz CT molecular complexity index is 1620. The number of nitrogens with two attached hydrogens (primary N) is 1. The second kappa shape index (κ2) is 9.82. The van der Waals surface area contributed by atoms with Gasteiger partial charge in [0.25, 0.3) is 5.91 Å². The summed E-state index contributed by atoms with van der Waals surface area (Å²) in [5.41, 5.74) is 13.4. The van der Waals surface area contributed by atoms with Crippen LogP contribution in [-0.4, -0.2) is 24.9 Å².